The number of H-pyrrole nitrogens is 1. The number of pyridine rings is 1. The summed E-state index contributed by atoms with van der Waals surface area (Å²) in [5.74, 6) is -0.629. The zero-order valence-electron chi connectivity index (χ0n) is 18.5. The number of hydrogen-bond donors (Lipinski definition) is 2. The molecule has 0 saturated heterocycles. The van der Waals surface area contributed by atoms with Crippen molar-refractivity contribution in [1.82, 2.24) is 10.3 Å². The first-order valence-corrected chi connectivity index (χ1v) is 10.8. The van der Waals surface area contributed by atoms with Gasteiger partial charge in [-0.3, -0.25) is 9.59 Å². The summed E-state index contributed by atoms with van der Waals surface area (Å²) in [7, 11) is 2.73. The van der Waals surface area contributed by atoms with E-state index in [4.69, 9.17) is 21.1 Å². The van der Waals surface area contributed by atoms with E-state index < -0.39 is 17.3 Å². The number of nitrogens with one attached hydrogen (secondary N) is 2. The van der Waals surface area contributed by atoms with E-state index in [1.807, 2.05) is 30.3 Å². The van der Waals surface area contributed by atoms with E-state index in [0.29, 0.717) is 32.8 Å². The van der Waals surface area contributed by atoms with E-state index in [1.54, 1.807) is 36.4 Å². The number of fused-ring (bicyclic) bond motifs is 1. The lowest BCUT2D eigenvalue weighted by Gasteiger charge is -2.14. The van der Waals surface area contributed by atoms with E-state index in [-0.39, 0.29) is 17.8 Å². The van der Waals surface area contributed by atoms with Gasteiger partial charge in [0, 0.05) is 23.1 Å². The summed E-state index contributed by atoms with van der Waals surface area (Å²) in [5, 5.41) is 3.46. The van der Waals surface area contributed by atoms with E-state index in [1.165, 1.54) is 14.2 Å². The molecule has 0 aliphatic heterocycles. The quantitative estimate of drug-likeness (QED) is 0.397. The Morgan fingerprint density at radius 2 is 1.76 bits per heavy atom. The number of aromatic amines is 1. The Morgan fingerprint density at radius 1 is 1.00 bits per heavy atom. The molecule has 1 heterocycles. The maximum atomic E-state index is 13.5. The van der Waals surface area contributed by atoms with E-state index in [9.17, 15) is 14.4 Å². The van der Waals surface area contributed by atoms with Gasteiger partial charge in [0.2, 0.25) is 0 Å². The molecule has 172 valence electrons. The third kappa shape index (κ3) is 4.38. The second-order valence-corrected chi connectivity index (χ2v) is 7.83. The second-order valence-electron chi connectivity index (χ2n) is 7.42. The standard InChI is InChI=1S/C26H21ClN2O5/c1-33-17-10-6-9-16(13-17)25(31)28-14-19-23(26(32)34-2)29-22-18(24(19)30)11-12-20(27)21(22)15-7-4-3-5-8-15/h3-13H,14H2,1-2H3,(H,28,31)(H,29,30). The molecule has 0 bridgehead atoms. The number of halogens is 1. The number of carbonyl (C=O) groups is 2. The molecule has 0 saturated carbocycles. The molecule has 2 N–H and O–H groups in total. The molecule has 0 atom stereocenters. The highest BCUT2D eigenvalue weighted by Crippen LogP contribution is 2.33. The highest BCUT2D eigenvalue weighted by atomic mass is 35.5. The Labute approximate surface area is 200 Å². The fraction of sp³-hybridized carbons (Fsp3) is 0.115. The number of esters is 1. The van der Waals surface area contributed by atoms with Crippen molar-refractivity contribution in [3.63, 3.8) is 0 Å². The first-order valence-electron chi connectivity index (χ1n) is 10.4. The minimum absolute atomic E-state index is 0.0506. The largest absolute Gasteiger partial charge is 0.497 e. The lowest BCUT2D eigenvalue weighted by atomic mass is 9.99. The van der Waals surface area contributed by atoms with Gasteiger partial charge in [0.15, 0.2) is 5.43 Å². The van der Waals surface area contributed by atoms with Crippen molar-refractivity contribution in [3.05, 3.63) is 98.8 Å². The van der Waals surface area contributed by atoms with Crippen LogP contribution in [-0.2, 0) is 11.3 Å². The van der Waals surface area contributed by atoms with Crippen LogP contribution < -0.4 is 15.5 Å². The maximum absolute atomic E-state index is 13.5. The molecule has 0 unspecified atom stereocenters. The van der Waals surface area contributed by atoms with Crippen molar-refractivity contribution in [1.29, 1.82) is 0 Å². The molecule has 7 nitrogen and oxygen atoms in total. The number of amides is 1. The highest BCUT2D eigenvalue weighted by Gasteiger charge is 2.22. The topological polar surface area (TPSA) is 97.5 Å². The van der Waals surface area contributed by atoms with Crippen molar-refractivity contribution < 1.29 is 19.1 Å². The average Bonchev–Trinajstić information content (AvgIpc) is 2.87. The van der Waals surface area contributed by atoms with Gasteiger partial charge in [0.25, 0.3) is 5.91 Å². The molecule has 4 aromatic rings. The molecular weight excluding hydrogens is 456 g/mol. The van der Waals surface area contributed by atoms with Crippen LogP contribution in [-0.4, -0.2) is 31.1 Å². The number of aromatic nitrogens is 1. The molecule has 0 aliphatic rings. The monoisotopic (exact) mass is 476 g/mol. The fourth-order valence-corrected chi connectivity index (χ4v) is 4.01. The molecule has 0 fully saturated rings. The average molecular weight is 477 g/mol. The van der Waals surface area contributed by atoms with Crippen molar-refractivity contribution in [2.24, 2.45) is 0 Å². The molecule has 0 spiro atoms. The summed E-state index contributed by atoms with van der Waals surface area (Å²) in [5.41, 5.74) is 1.76. The normalized spacial score (nSPS) is 10.7. The van der Waals surface area contributed by atoms with Crippen LogP contribution in [0.15, 0.2) is 71.5 Å². The van der Waals surface area contributed by atoms with Gasteiger partial charge < -0.3 is 19.8 Å². The molecular formula is C26H21ClN2O5. The lowest BCUT2D eigenvalue weighted by molar-refractivity contribution is 0.0592. The summed E-state index contributed by atoms with van der Waals surface area (Å²) in [6.07, 6.45) is 0. The van der Waals surface area contributed by atoms with Crippen LogP contribution >= 0.6 is 11.6 Å². The SMILES string of the molecule is COC(=O)c1[nH]c2c(-c3ccccc3)c(Cl)ccc2c(=O)c1CNC(=O)c1cccc(OC)c1. The smallest absolute Gasteiger partial charge is 0.354 e. The molecule has 3 aromatic carbocycles. The molecule has 4 rings (SSSR count). The van der Waals surface area contributed by atoms with Gasteiger partial charge >= 0.3 is 5.97 Å². The highest BCUT2D eigenvalue weighted by molar-refractivity contribution is 6.35. The predicted molar refractivity (Wildman–Crippen MR) is 131 cm³/mol. The zero-order valence-corrected chi connectivity index (χ0v) is 19.2. The maximum Gasteiger partial charge on any atom is 0.354 e. The van der Waals surface area contributed by atoms with Crippen LogP contribution in [0.1, 0.15) is 26.4 Å². The first kappa shape index (κ1) is 23.1. The van der Waals surface area contributed by atoms with Gasteiger partial charge in [-0.15, -0.1) is 0 Å². The van der Waals surface area contributed by atoms with Crippen LogP contribution in [0, 0.1) is 0 Å². The number of methoxy groups -OCH3 is 2. The Balaban J connectivity index is 1.81. The summed E-state index contributed by atoms with van der Waals surface area (Å²) in [6, 6.07) is 19.1. The number of ether oxygens (including phenoxy) is 2. The summed E-state index contributed by atoms with van der Waals surface area (Å²) < 4.78 is 10.1. The molecule has 0 radical (unpaired) electrons. The minimum Gasteiger partial charge on any atom is -0.497 e. The van der Waals surface area contributed by atoms with E-state index >= 15 is 0 Å². The van der Waals surface area contributed by atoms with Crippen LogP contribution in [0.4, 0.5) is 0 Å². The Kier molecular flexibility index (Phi) is 6.65. The lowest BCUT2D eigenvalue weighted by Crippen LogP contribution is -2.29. The molecule has 1 amide bonds. The van der Waals surface area contributed by atoms with Crippen LogP contribution in [0.5, 0.6) is 5.75 Å². The van der Waals surface area contributed by atoms with Crippen molar-refractivity contribution in [3.8, 4) is 16.9 Å². The van der Waals surface area contributed by atoms with Crippen molar-refractivity contribution in [2.45, 2.75) is 6.54 Å². The summed E-state index contributed by atoms with van der Waals surface area (Å²) >= 11 is 6.49. The van der Waals surface area contributed by atoms with Gasteiger partial charge in [0.1, 0.15) is 11.4 Å². The summed E-state index contributed by atoms with van der Waals surface area (Å²) in [6.45, 7) is -0.185. The van der Waals surface area contributed by atoms with Crippen LogP contribution in [0.2, 0.25) is 5.02 Å². The third-order valence-electron chi connectivity index (χ3n) is 5.43. The van der Waals surface area contributed by atoms with Crippen molar-refractivity contribution in [2.75, 3.05) is 14.2 Å². The van der Waals surface area contributed by atoms with Crippen LogP contribution in [0.3, 0.4) is 0 Å². The molecule has 1 aromatic heterocycles. The Hall–Kier alpha value is -4.10. The predicted octanol–water partition coefficient (Wildman–Crippen LogP) is 4.57. The van der Waals surface area contributed by atoms with Gasteiger partial charge in [-0.05, 0) is 35.9 Å². The van der Waals surface area contributed by atoms with E-state index in [2.05, 4.69) is 10.3 Å². The number of carbonyl (C=O) groups excluding carboxylic acids is 2. The number of benzene rings is 3. The van der Waals surface area contributed by atoms with Gasteiger partial charge in [-0.2, -0.15) is 0 Å². The van der Waals surface area contributed by atoms with E-state index in [0.717, 1.165) is 5.56 Å². The molecule has 8 heteroatoms. The second kappa shape index (κ2) is 9.80. The zero-order chi connectivity index (χ0) is 24.2. The molecule has 34 heavy (non-hydrogen) atoms. The Bertz CT molecular complexity index is 1450. The van der Waals surface area contributed by atoms with Crippen LogP contribution in [0.25, 0.3) is 22.0 Å². The Morgan fingerprint density at radius 3 is 2.47 bits per heavy atom. The fourth-order valence-electron chi connectivity index (χ4n) is 3.74. The van der Waals surface area contributed by atoms with Gasteiger partial charge in [0.05, 0.1) is 30.3 Å². The first-order chi connectivity index (χ1) is 16.4. The molecule has 0 aliphatic carbocycles. The third-order valence-corrected chi connectivity index (χ3v) is 5.75. The number of rotatable bonds is 6. The minimum atomic E-state index is -0.733. The van der Waals surface area contributed by atoms with Crippen molar-refractivity contribution >= 4 is 34.4 Å². The summed E-state index contributed by atoms with van der Waals surface area (Å²) in [4.78, 5) is 41.8. The van der Waals surface area contributed by atoms with Gasteiger partial charge in [-0.1, -0.05) is 48.0 Å². The van der Waals surface area contributed by atoms with Gasteiger partial charge in [-0.25, -0.2) is 4.79 Å². The number of hydrogen-bond acceptors (Lipinski definition) is 5.